The summed E-state index contributed by atoms with van der Waals surface area (Å²) in [7, 11) is 0. The Morgan fingerprint density at radius 1 is 1.60 bits per heavy atom. The average Bonchev–Trinajstić information content (AvgIpc) is 2.25. The van der Waals surface area contributed by atoms with Gasteiger partial charge in [0.2, 0.25) is 0 Å². The highest BCUT2D eigenvalue weighted by Crippen LogP contribution is 2.09. The summed E-state index contributed by atoms with van der Waals surface area (Å²) in [6.45, 7) is 1.76. The molecule has 1 atom stereocenters. The molecule has 4 heteroatoms. The molecular formula is C11H20BNO2. The number of unbranched alkanes of at least 4 members (excludes halogenated alkanes) is 1. The molecule has 0 radical (unpaired) electrons. The number of carbonyl (C=O) groups is 1. The van der Waals surface area contributed by atoms with Gasteiger partial charge in [-0.1, -0.05) is 25.0 Å². The van der Waals surface area contributed by atoms with Crippen molar-refractivity contribution in [2.75, 3.05) is 6.54 Å². The summed E-state index contributed by atoms with van der Waals surface area (Å²) in [6, 6.07) is 0.494. The Bertz CT molecular complexity index is 231. The second-order valence-electron chi connectivity index (χ2n) is 4.19. The fourth-order valence-electron chi connectivity index (χ4n) is 1.78. The maximum atomic E-state index is 10.8. The summed E-state index contributed by atoms with van der Waals surface area (Å²) in [5.41, 5.74) is -0.120. The van der Waals surface area contributed by atoms with Gasteiger partial charge in [-0.3, -0.25) is 0 Å². The summed E-state index contributed by atoms with van der Waals surface area (Å²) < 4.78 is 0. The van der Waals surface area contributed by atoms with Crippen molar-refractivity contribution in [3.63, 3.8) is 0 Å². The maximum Gasteiger partial charge on any atom is 0.365 e. The van der Waals surface area contributed by atoms with E-state index >= 15 is 0 Å². The van der Waals surface area contributed by atoms with Gasteiger partial charge in [0.25, 0.3) is 0 Å². The van der Waals surface area contributed by atoms with Crippen LogP contribution in [0.25, 0.3) is 0 Å². The molecule has 2 N–H and O–H groups in total. The van der Waals surface area contributed by atoms with E-state index in [1.807, 2.05) is 0 Å². The molecule has 0 amide bonds. The molecule has 0 aromatic carbocycles. The Kier molecular flexibility index (Phi) is 5.65. The average molecular weight is 209 g/mol. The van der Waals surface area contributed by atoms with Crippen LogP contribution in [0.5, 0.6) is 0 Å². The third kappa shape index (κ3) is 5.14. The molecule has 0 unspecified atom stereocenters. The maximum absolute atomic E-state index is 10.8. The van der Waals surface area contributed by atoms with Gasteiger partial charge in [0.1, 0.15) is 5.68 Å². The van der Waals surface area contributed by atoms with Crippen molar-refractivity contribution in [3.8, 4) is 0 Å². The first kappa shape index (κ1) is 12.5. The van der Waals surface area contributed by atoms with Gasteiger partial charge in [-0.25, -0.2) is 0 Å². The van der Waals surface area contributed by atoms with E-state index in [4.69, 9.17) is 0 Å². The summed E-state index contributed by atoms with van der Waals surface area (Å²) in [6.07, 6.45) is 9.24. The van der Waals surface area contributed by atoms with Crippen molar-refractivity contribution >= 4 is 12.6 Å². The second kappa shape index (κ2) is 6.80. The van der Waals surface area contributed by atoms with Crippen molar-refractivity contribution in [3.05, 3.63) is 12.2 Å². The fourth-order valence-corrected chi connectivity index (χ4v) is 1.78. The smallest absolute Gasteiger partial charge is 0.365 e. The van der Waals surface area contributed by atoms with Crippen LogP contribution in [0.2, 0.25) is 6.32 Å². The molecule has 1 heterocycles. The number of nitrogens with one attached hydrogen (secondary N) is 1. The van der Waals surface area contributed by atoms with E-state index in [9.17, 15) is 9.82 Å². The van der Waals surface area contributed by atoms with E-state index in [1.54, 1.807) is 0 Å². The summed E-state index contributed by atoms with van der Waals surface area (Å²) >= 11 is 0. The molecule has 1 aliphatic heterocycles. The van der Waals surface area contributed by atoms with Crippen molar-refractivity contribution in [2.45, 2.75) is 45.0 Å². The molecule has 0 aliphatic carbocycles. The highest BCUT2D eigenvalue weighted by molar-refractivity contribution is 6.83. The first-order valence-electron chi connectivity index (χ1n) is 5.78. The molecule has 0 spiro atoms. The highest BCUT2D eigenvalue weighted by atomic mass is 16.2. The van der Waals surface area contributed by atoms with Crippen LogP contribution in [0.3, 0.4) is 0 Å². The van der Waals surface area contributed by atoms with Gasteiger partial charge < -0.3 is 15.1 Å². The van der Waals surface area contributed by atoms with Gasteiger partial charge >= 0.3 is 6.92 Å². The molecule has 0 saturated carbocycles. The minimum absolute atomic E-state index is 0.120. The summed E-state index contributed by atoms with van der Waals surface area (Å²) in [5, 5.41) is 12.7. The van der Waals surface area contributed by atoms with E-state index in [0.717, 1.165) is 32.2 Å². The molecule has 1 aliphatic rings. The predicted molar refractivity (Wildman–Crippen MR) is 62.9 cm³/mol. The molecule has 0 saturated heterocycles. The Morgan fingerprint density at radius 3 is 3.00 bits per heavy atom. The normalized spacial score (nSPS) is 20.3. The van der Waals surface area contributed by atoms with E-state index in [-0.39, 0.29) is 5.68 Å². The minimum Gasteiger partial charge on any atom is -0.444 e. The minimum atomic E-state index is -0.750. The van der Waals surface area contributed by atoms with Crippen LogP contribution >= 0.6 is 0 Å². The van der Waals surface area contributed by atoms with E-state index < -0.39 is 6.92 Å². The van der Waals surface area contributed by atoms with Crippen LogP contribution in [0.4, 0.5) is 0 Å². The van der Waals surface area contributed by atoms with Crippen LogP contribution in [-0.2, 0) is 4.79 Å². The number of hydrogen-bond acceptors (Lipinski definition) is 3. The Balaban J connectivity index is 2.03. The van der Waals surface area contributed by atoms with Crippen molar-refractivity contribution < 1.29 is 9.82 Å². The molecule has 15 heavy (non-hydrogen) atoms. The third-order valence-electron chi connectivity index (χ3n) is 2.80. The standard InChI is InChI=1S/C11H20BNO2/c1-10(14)12(15)8-4-2-6-11-7-3-5-9-13-11/h3,7,11,13,15H,2,4-6,8-9H2,1H3/t11-/m1/s1. The van der Waals surface area contributed by atoms with Gasteiger partial charge in [0.05, 0.1) is 0 Å². The van der Waals surface area contributed by atoms with Gasteiger partial charge in [0, 0.05) is 6.04 Å². The third-order valence-corrected chi connectivity index (χ3v) is 2.80. The molecular weight excluding hydrogens is 189 g/mol. The van der Waals surface area contributed by atoms with E-state index in [1.165, 1.54) is 6.92 Å². The first-order chi connectivity index (χ1) is 7.20. The Hall–Kier alpha value is -0.605. The second-order valence-corrected chi connectivity index (χ2v) is 4.19. The summed E-state index contributed by atoms with van der Waals surface area (Å²) in [4.78, 5) is 10.8. The fraction of sp³-hybridized carbons (Fsp3) is 0.727. The topological polar surface area (TPSA) is 49.3 Å². The van der Waals surface area contributed by atoms with Crippen molar-refractivity contribution in [1.29, 1.82) is 0 Å². The van der Waals surface area contributed by atoms with Gasteiger partial charge in [-0.2, -0.15) is 0 Å². The van der Waals surface area contributed by atoms with E-state index in [2.05, 4.69) is 17.5 Å². The Labute approximate surface area is 92.1 Å². The lowest BCUT2D eigenvalue weighted by molar-refractivity contribution is -0.111. The zero-order valence-corrected chi connectivity index (χ0v) is 9.41. The van der Waals surface area contributed by atoms with Crippen LogP contribution in [-0.4, -0.2) is 30.2 Å². The SMILES string of the molecule is CC(=O)B(O)CCCC[C@@H]1C=CCCN1. The number of hydrogen-bond donors (Lipinski definition) is 2. The summed E-state index contributed by atoms with van der Waals surface area (Å²) in [5.74, 6) is 0. The molecule has 0 aromatic heterocycles. The zero-order valence-electron chi connectivity index (χ0n) is 9.41. The van der Waals surface area contributed by atoms with Gasteiger partial charge in [-0.05, 0) is 32.6 Å². The largest absolute Gasteiger partial charge is 0.444 e. The lowest BCUT2D eigenvalue weighted by atomic mass is 9.60. The highest BCUT2D eigenvalue weighted by Gasteiger charge is 2.16. The number of rotatable bonds is 6. The van der Waals surface area contributed by atoms with E-state index in [0.29, 0.717) is 12.4 Å². The zero-order chi connectivity index (χ0) is 11.1. The quantitative estimate of drug-likeness (QED) is 0.392. The van der Waals surface area contributed by atoms with Crippen LogP contribution in [0, 0.1) is 0 Å². The van der Waals surface area contributed by atoms with Crippen molar-refractivity contribution in [2.24, 2.45) is 0 Å². The number of carbonyl (C=O) groups excluding carboxylic acids is 1. The molecule has 0 bridgehead atoms. The van der Waals surface area contributed by atoms with Crippen LogP contribution < -0.4 is 5.32 Å². The molecule has 0 aromatic rings. The van der Waals surface area contributed by atoms with Crippen LogP contribution in [0.1, 0.15) is 32.6 Å². The predicted octanol–water partition coefficient (Wildman–Crippen LogP) is 1.19. The lowest BCUT2D eigenvalue weighted by Crippen LogP contribution is -2.30. The molecule has 1 rings (SSSR count). The van der Waals surface area contributed by atoms with Gasteiger partial charge in [0.15, 0.2) is 0 Å². The first-order valence-corrected chi connectivity index (χ1v) is 5.78. The van der Waals surface area contributed by atoms with Crippen LogP contribution in [0.15, 0.2) is 12.2 Å². The van der Waals surface area contributed by atoms with Gasteiger partial charge in [-0.15, -0.1) is 0 Å². The monoisotopic (exact) mass is 209 g/mol. The molecule has 3 nitrogen and oxygen atoms in total. The van der Waals surface area contributed by atoms with Crippen molar-refractivity contribution in [1.82, 2.24) is 5.32 Å². The molecule has 0 fully saturated rings. The molecule has 84 valence electrons. The Morgan fingerprint density at radius 2 is 2.40 bits per heavy atom. The lowest BCUT2D eigenvalue weighted by Gasteiger charge is -2.18.